The van der Waals surface area contributed by atoms with Crippen molar-refractivity contribution in [3.63, 3.8) is 0 Å². The maximum absolute atomic E-state index is 12.4. The van der Waals surface area contributed by atoms with E-state index in [0.717, 1.165) is 6.42 Å². The molecule has 0 amide bonds. The molecule has 24 heavy (non-hydrogen) atoms. The lowest BCUT2D eigenvalue weighted by Gasteiger charge is -2.33. The highest BCUT2D eigenvalue weighted by Crippen LogP contribution is 2.31. The zero-order valence-corrected chi connectivity index (χ0v) is 16.2. The van der Waals surface area contributed by atoms with Crippen LogP contribution in [0.2, 0.25) is 0 Å². The molecule has 0 spiro atoms. The molecule has 0 bridgehead atoms. The van der Waals surface area contributed by atoms with Crippen LogP contribution < -0.4 is 0 Å². The molecule has 6 nitrogen and oxygen atoms in total. The number of ether oxygens (including phenoxy) is 2. The lowest BCUT2D eigenvalue weighted by atomic mass is 9.95. The Kier molecular flexibility index (Phi) is 8.30. The summed E-state index contributed by atoms with van der Waals surface area (Å²) in [5.41, 5.74) is -0.867. The monoisotopic (exact) mass is 380 g/mol. The van der Waals surface area contributed by atoms with Crippen molar-refractivity contribution in [2.24, 2.45) is 5.10 Å². The third kappa shape index (κ3) is 5.24. The van der Waals surface area contributed by atoms with Crippen LogP contribution in [0.1, 0.15) is 47.0 Å². The van der Waals surface area contributed by atoms with Gasteiger partial charge in [0.15, 0.2) is 5.54 Å². The highest BCUT2D eigenvalue weighted by molar-refractivity contribution is 6.37. The lowest BCUT2D eigenvalue weighted by molar-refractivity contribution is -0.155. The fraction of sp³-hybridized carbons (Fsp3) is 0.812. The number of carbonyl (C=O) groups is 2. The second-order valence-electron chi connectivity index (χ2n) is 5.86. The third-order valence-corrected chi connectivity index (χ3v) is 4.68. The van der Waals surface area contributed by atoms with Gasteiger partial charge in [0.25, 0.3) is 0 Å². The molecule has 1 rings (SSSR count). The third-order valence-electron chi connectivity index (χ3n) is 3.87. The molecule has 138 valence electrons. The van der Waals surface area contributed by atoms with E-state index in [1.807, 2.05) is 6.92 Å². The summed E-state index contributed by atoms with van der Waals surface area (Å²) in [5.74, 6) is -0.958. The van der Waals surface area contributed by atoms with Crippen molar-refractivity contribution in [1.82, 2.24) is 5.01 Å². The number of hydrogen-bond donors (Lipinski definition) is 0. The second-order valence-corrected chi connectivity index (χ2v) is 7.09. The van der Waals surface area contributed by atoms with E-state index in [0.29, 0.717) is 13.0 Å². The van der Waals surface area contributed by atoms with E-state index in [4.69, 9.17) is 32.7 Å². The van der Waals surface area contributed by atoms with Gasteiger partial charge in [0.1, 0.15) is 5.71 Å². The van der Waals surface area contributed by atoms with E-state index in [1.165, 1.54) is 5.01 Å². The van der Waals surface area contributed by atoms with Gasteiger partial charge in [-0.2, -0.15) is 5.10 Å². The fourth-order valence-corrected chi connectivity index (χ4v) is 3.10. The van der Waals surface area contributed by atoms with Gasteiger partial charge in [-0.05, 0) is 33.6 Å². The lowest BCUT2D eigenvalue weighted by Crippen LogP contribution is -2.50. The molecule has 3 unspecified atom stereocenters. The zero-order valence-electron chi connectivity index (χ0n) is 14.7. The van der Waals surface area contributed by atoms with Gasteiger partial charge in [0.05, 0.1) is 25.1 Å². The smallest absolute Gasteiger partial charge is 0.354 e. The molecule has 0 saturated heterocycles. The number of hydrazone groups is 1. The molecular weight excluding hydrogens is 355 g/mol. The van der Waals surface area contributed by atoms with Gasteiger partial charge in [-0.3, -0.25) is 5.01 Å². The molecule has 8 heteroatoms. The van der Waals surface area contributed by atoms with Crippen LogP contribution in [-0.4, -0.2) is 58.7 Å². The number of carbonyl (C=O) groups excluding carboxylic acids is 2. The van der Waals surface area contributed by atoms with Crippen molar-refractivity contribution >= 4 is 40.9 Å². The first-order chi connectivity index (χ1) is 11.3. The number of rotatable bonds is 9. The zero-order chi connectivity index (χ0) is 18.3. The summed E-state index contributed by atoms with van der Waals surface area (Å²) in [6.07, 6.45) is 1.52. The van der Waals surface area contributed by atoms with Crippen molar-refractivity contribution < 1.29 is 19.1 Å². The predicted octanol–water partition coefficient (Wildman–Crippen LogP) is 2.95. The standard InChI is InChI=1S/C16H26Cl2N2O4/c1-5-11(17)8-12(18)10-20-16(4,15(22)24-7-3)9-13(19-20)14(21)23-6-2/h11-12H,5-10H2,1-4H3. The minimum Gasteiger partial charge on any atom is -0.464 e. The Balaban J connectivity index is 2.93. The summed E-state index contributed by atoms with van der Waals surface area (Å²) in [4.78, 5) is 24.4. The van der Waals surface area contributed by atoms with E-state index in [-0.39, 0.29) is 36.1 Å². The average molecular weight is 381 g/mol. The molecule has 1 aliphatic rings. The van der Waals surface area contributed by atoms with Crippen molar-refractivity contribution in [2.75, 3.05) is 19.8 Å². The largest absolute Gasteiger partial charge is 0.464 e. The quantitative estimate of drug-likeness (QED) is 0.454. The van der Waals surface area contributed by atoms with E-state index in [9.17, 15) is 9.59 Å². The topological polar surface area (TPSA) is 68.2 Å². The first kappa shape index (κ1) is 21.0. The molecule has 0 aromatic heterocycles. The Labute approximate surface area is 153 Å². The fourth-order valence-electron chi connectivity index (χ4n) is 2.45. The highest BCUT2D eigenvalue weighted by Gasteiger charge is 2.48. The summed E-state index contributed by atoms with van der Waals surface area (Å²) in [5, 5.41) is 5.48. The van der Waals surface area contributed by atoms with Gasteiger partial charge in [0.2, 0.25) is 0 Å². The Morgan fingerprint density at radius 1 is 1.21 bits per heavy atom. The van der Waals surface area contributed by atoms with Crippen LogP contribution in [0.5, 0.6) is 0 Å². The van der Waals surface area contributed by atoms with Crippen LogP contribution in [0.25, 0.3) is 0 Å². The average Bonchev–Trinajstić information content (AvgIpc) is 2.86. The Morgan fingerprint density at radius 2 is 1.83 bits per heavy atom. The van der Waals surface area contributed by atoms with Crippen LogP contribution in [-0.2, 0) is 19.1 Å². The first-order valence-electron chi connectivity index (χ1n) is 8.26. The molecule has 1 heterocycles. The summed E-state index contributed by atoms with van der Waals surface area (Å²) >= 11 is 12.5. The maximum atomic E-state index is 12.4. The summed E-state index contributed by atoms with van der Waals surface area (Å²) < 4.78 is 10.1. The van der Waals surface area contributed by atoms with Crippen LogP contribution in [0, 0.1) is 0 Å². The Morgan fingerprint density at radius 3 is 2.38 bits per heavy atom. The van der Waals surface area contributed by atoms with Gasteiger partial charge >= 0.3 is 11.9 Å². The molecule has 0 aliphatic carbocycles. The van der Waals surface area contributed by atoms with E-state index >= 15 is 0 Å². The molecule has 1 aliphatic heterocycles. The van der Waals surface area contributed by atoms with Crippen LogP contribution in [0.3, 0.4) is 0 Å². The second kappa shape index (κ2) is 9.47. The minimum atomic E-state index is -1.07. The van der Waals surface area contributed by atoms with E-state index in [1.54, 1.807) is 20.8 Å². The molecule has 0 saturated carbocycles. The van der Waals surface area contributed by atoms with Crippen molar-refractivity contribution in [2.45, 2.75) is 63.3 Å². The molecular formula is C16H26Cl2N2O4. The van der Waals surface area contributed by atoms with Gasteiger partial charge in [0, 0.05) is 11.8 Å². The first-order valence-corrected chi connectivity index (χ1v) is 9.13. The minimum absolute atomic E-state index is 0.0440. The van der Waals surface area contributed by atoms with E-state index < -0.39 is 17.5 Å². The van der Waals surface area contributed by atoms with Crippen LogP contribution >= 0.6 is 23.2 Å². The number of nitrogens with zero attached hydrogens (tertiary/aromatic N) is 2. The van der Waals surface area contributed by atoms with Crippen molar-refractivity contribution in [3.05, 3.63) is 0 Å². The Bertz CT molecular complexity index is 487. The van der Waals surface area contributed by atoms with Crippen LogP contribution in [0.4, 0.5) is 0 Å². The highest BCUT2D eigenvalue weighted by atomic mass is 35.5. The van der Waals surface area contributed by atoms with Gasteiger partial charge in [-0.15, -0.1) is 23.2 Å². The SMILES string of the molecule is CCOC(=O)C1=NN(CC(Cl)CC(Cl)CC)C(C)(C(=O)OCC)C1. The summed E-state index contributed by atoms with van der Waals surface area (Å²) in [6.45, 7) is 7.92. The van der Waals surface area contributed by atoms with Gasteiger partial charge < -0.3 is 9.47 Å². The van der Waals surface area contributed by atoms with Gasteiger partial charge in [-0.25, -0.2) is 9.59 Å². The predicted molar refractivity (Wildman–Crippen MR) is 94.6 cm³/mol. The molecule has 0 radical (unpaired) electrons. The number of alkyl halides is 2. The molecule has 0 N–H and O–H groups in total. The number of hydrogen-bond acceptors (Lipinski definition) is 6. The van der Waals surface area contributed by atoms with Gasteiger partial charge in [-0.1, -0.05) is 6.92 Å². The van der Waals surface area contributed by atoms with E-state index in [2.05, 4.69) is 5.10 Å². The number of esters is 2. The van der Waals surface area contributed by atoms with Crippen molar-refractivity contribution in [1.29, 1.82) is 0 Å². The molecule has 0 aromatic carbocycles. The maximum Gasteiger partial charge on any atom is 0.354 e. The summed E-state index contributed by atoms with van der Waals surface area (Å²) in [7, 11) is 0. The normalized spacial score (nSPS) is 22.8. The molecule has 0 fully saturated rings. The Hall–Kier alpha value is -1.01. The summed E-state index contributed by atoms with van der Waals surface area (Å²) in [6, 6.07) is 0. The number of halogens is 2. The molecule has 0 aromatic rings. The van der Waals surface area contributed by atoms with Crippen LogP contribution in [0.15, 0.2) is 5.10 Å². The van der Waals surface area contributed by atoms with Crippen molar-refractivity contribution in [3.8, 4) is 0 Å². The molecule has 3 atom stereocenters.